The van der Waals surface area contributed by atoms with Gasteiger partial charge in [0.1, 0.15) is 11.6 Å². The third-order valence-electron chi connectivity index (χ3n) is 7.11. The lowest BCUT2D eigenvalue weighted by Gasteiger charge is -2.35. The Hall–Kier alpha value is -2.25. The average molecular weight is 510 g/mol. The molecule has 1 aliphatic carbocycles. The van der Waals surface area contributed by atoms with Crippen LogP contribution in [0.2, 0.25) is 0 Å². The minimum atomic E-state index is 0.181. The molecule has 0 amide bonds. The molecule has 6 nitrogen and oxygen atoms in total. The second-order valence-corrected chi connectivity index (χ2v) is 10.2. The molecule has 7 heteroatoms. The first-order chi connectivity index (χ1) is 16.1. The lowest BCUT2D eigenvalue weighted by atomic mass is 9.97. The number of pyridine rings is 1. The lowest BCUT2D eigenvalue weighted by molar-refractivity contribution is 0.252. The largest absolute Gasteiger partial charge is 0.354 e. The van der Waals surface area contributed by atoms with Gasteiger partial charge in [0, 0.05) is 55.1 Å². The van der Waals surface area contributed by atoms with Gasteiger partial charge < -0.3 is 4.90 Å². The molecule has 1 fully saturated rings. The highest BCUT2D eigenvalue weighted by molar-refractivity contribution is 9.10. The summed E-state index contributed by atoms with van der Waals surface area (Å²) in [6.07, 6.45) is 7.23. The maximum atomic E-state index is 12.7. The molecule has 33 heavy (non-hydrogen) atoms. The highest BCUT2D eigenvalue weighted by atomic mass is 79.9. The average Bonchev–Trinajstić information content (AvgIpc) is 2.85. The Balaban J connectivity index is 1.10. The van der Waals surface area contributed by atoms with Gasteiger partial charge in [-0.3, -0.25) is 14.3 Å². The Morgan fingerprint density at radius 3 is 2.64 bits per heavy atom. The smallest absolute Gasteiger partial charge is 0.256 e. The van der Waals surface area contributed by atoms with E-state index in [2.05, 4.69) is 56.1 Å². The summed E-state index contributed by atoms with van der Waals surface area (Å²) in [6, 6.07) is 10.5. The van der Waals surface area contributed by atoms with Crippen molar-refractivity contribution in [2.45, 2.75) is 44.9 Å². The van der Waals surface area contributed by atoms with Gasteiger partial charge in [0.05, 0.1) is 11.2 Å². The van der Waals surface area contributed by atoms with E-state index >= 15 is 0 Å². The van der Waals surface area contributed by atoms with Gasteiger partial charge in [-0.2, -0.15) is 0 Å². The molecule has 0 atom stereocenters. The summed E-state index contributed by atoms with van der Waals surface area (Å²) in [6.45, 7) is 5.25. The normalized spacial score (nSPS) is 16.8. The molecule has 2 aromatic heterocycles. The summed E-state index contributed by atoms with van der Waals surface area (Å²) in [5.74, 6) is 2.03. The van der Waals surface area contributed by atoms with Crippen LogP contribution in [0.25, 0.3) is 10.9 Å². The van der Waals surface area contributed by atoms with Gasteiger partial charge in [0.15, 0.2) is 0 Å². The van der Waals surface area contributed by atoms with Crippen molar-refractivity contribution in [2.24, 2.45) is 7.05 Å². The van der Waals surface area contributed by atoms with Crippen LogP contribution in [0.3, 0.4) is 0 Å². The van der Waals surface area contributed by atoms with Crippen molar-refractivity contribution in [3.8, 4) is 0 Å². The van der Waals surface area contributed by atoms with Crippen LogP contribution in [0.5, 0.6) is 0 Å². The number of benzene rings is 1. The van der Waals surface area contributed by atoms with E-state index in [4.69, 9.17) is 9.97 Å². The van der Waals surface area contributed by atoms with E-state index in [1.807, 2.05) is 7.05 Å². The van der Waals surface area contributed by atoms with Crippen LogP contribution in [0, 0.1) is 0 Å². The predicted molar refractivity (Wildman–Crippen MR) is 137 cm³/mol. The molecular weight excluding hydrogens is 478 g/mol. The molecule has 0 saturated carbocycles. The molecule has 0 radical (unpaired) electrons. The number of rotatable bonds is 6. The first kappa shape index (κ1) is 22.5. The van der Waals surface area contributed by atoms with Crippen molar-refractivity contribution in [1.29, 1.82) is 0 Å². The number of nitrogens with zero attached hydrogens (tertiary/aromatic N) is 5. The van der Waals surface area contributed by atoms with Gasteiger partial charge >= 0.3 is 0 Å². The maximum Gasteiger partial charge on any atom is 0.256 e. The van der Waals surface area contributed by atoms with E-state index < -0.39 is 0 Å². The van der Waals surface area contributed by atoms with Gasteiger partial charge in [-0.25, -0.2) is 9.97 Å². The molecule has 0 unspecified atom stereocenters. The number of hydrogen-bond acceptors (Lipinski definition) is 5. The summed E-state index contributed by atoms with van der Waals surface area (Å²) in [4.78, 5) is 27.3. The molecule has 1 aromatic carbocycles. The molecular formula is C26H32BrN5O. The third kappa shape index (κ3) is 4.99. The molecule has 0 bridgehead atoms. The molecule has 0 N–H and O–H groups in total. The number of aromatic nitrogens is 3. The third-order valence-corrected chi connectivity index (χ3v) is 7.60. The quantitative estimate of drug-likeness (QED) is 0.468. The van der Waals surface area contributed by atoms with Crippen LogP contribution in [-0.4, -0.2) is 52.2 Å². The fraction of sp³-hybridized carbons (Fsp3) is 0.500. The molecule has 1 aliphatic heterocycles. The molecule has 0 spiro atoms. The Bertz CT molecular complexity index is 1200. The molecule has 5 rings (SSSR count). The monoisotopic (exact) mass is 509 g/mol. The summed E-state index contributed by atoms with van der Waals surface area (Å²) >= 11 is 3.53. The van der Waals surface area contributed by atoms with Crippen molar-refractivity contribution in [1.82, 2.24) is 19.4 Å². The number of hydrogen-bond donors (Lipinski definition) is 0. The first-order valence-electron chi connectivity index (χ1n) is 12.2. The van der Waals surface area contributed by atoms with Crippen molar-refractivity contribution < 1.29 is 0 Å². The van der Waals surface area contributed by atoms with Crippen molar-refractivity contribution in [2.75, 3.05) is 37.6 Å². The van der Waals surface area contributed by atoms with Gasteiger partial charge in [0.25, 0.3) is 5.56 Å². The van der Waals surface area contributed by atoms with E-state index in [1.165, 1.54) is 0 Å². The SMILES string of the molecule is Cn1c(CCCCN2CCN(c3ccc4cc(Br)ccc4n3)CC2)nc2c(c1=O)CCCC2. The van der Waals surface area contributed by atoms with Gasteiger partial charge in [-0.15, -0.1) is 0 Å². The highest BCUT2D eigenvalue weighted by Crippen LogP contribution is 2.23. The zero-order valence-corrected chi connectivity index (χ0v) is 21.0. The first-order valence-corrected chi connectivity index (χ1v) is 13.0. The summed E-state index contributed by atoms with van der Waals surface area (Å²) < 4.78 is 2.88. The van der Waals surface area contributed by atoms with Gasteiger partial charge in [0.2, 0.25) is 0 Å². The Labute approximate surface area is 203 Å². The van der Waals surface area contributed by atoms with Crippen molar-refractivity contribution in [3.05, 3.63) is 62.2 Å². The number of anilines is 1. The van der Waals surface area contributed by atoms with Crippen LogP contribution >= 0.6 is 15.9 Å². The zero-order valence-electron chi connectivity index (χ0n) is 19.4. The fourth-order valence-corrected chi connectivity index (χ4v) is 5.48. The topological polar surface area (TPSA) is 54.3 Å². The van der Waals surface area contributed by atoms with E-state index in [0.29, 0.717) is 0 Å². The van der Waals surface area contributed by atoms with Gasteiger partial charge in [-0.05, 0) is 75.4 Å². The summed E-state index contributed by atoms with van der Waals surface area (Å²) in [5, 5.41) is 1.16. The molecule has 3 aromatic rings. The molecule has 2 aliphatic rings. The molecule has 1 saturated heterocycles. The Kier molecular flexibility index (Phi) is 6.79. The second kappa shape index (κ2) is 9.94. The van der Waals surface area contributed by atoms with Crippen LogP contribution < -0.4 is 10.5 Å². The number of fused-ring (bicyclic) bond motifs is 2. The number of aryl methyl sites for hydroxylation is 2. The highest BCUT2D eigenvalue weighted by Gasteiger charge is 2.19. The maximum absolute atomic E-state index is 12.7. The van der Waals surface area contributed by atoms with Crippen LogP contribution in [0.1, 0.15) is 42.8 Å². The molecule has 3 heterocycles. The minimum Gasteiger partial charge on any atom is -0.354 e. The van der Waals surface area contributed by atoms with E-state index in [9.17, 15) is 4.79 Å². The summed E-state index contributed by atoms with van der Waals surface area (Å²) in [7, 11) is 1.89. The van der Waals surface area contributed by atoms with Crippen molar-refractivity contribution in [3.63, 3.8) is 0 Å². The standard InChI is InChI=1S/C26H32BrN5O/c1-30-24(29-23-7-3-2-6-21(23)26(30)33)8-4-5-13-31-14-16-32(17-15-31)25-12-9-19-18-20(27)10-11-22(19)28-25/h9-12,18H,2-8,13-17H2,1H3. The number of piperazine rings is 1. The zero-order chi connectivity index (χ0) is 22.8. The van der Waals surface area contributed by atoms with E-state index in [-0.39, 0.29) is 5.56 Å². The van der Waals surface area contributed by atoms with Crippen molar-refractivity contribution >= 4 is 32.7 Å². The number of unbranched alkanes of at least 4 members (excludes halogenated alkanes) is 1. The summed E-state index contributed by atoms with van der Waals surface area (Å²) in [5.41, 5.74) is 3.24. The number of halogens is 1. The predicted octanol–water partition coefficient (Wildman–Crippen LogP) is 4.11. The van der Waals surface area contributed by atoms with E-state index in [1.54, 1.807) is 4.57 Å². The van der Waals surface area contributed by atoms with Crippen LogP contribution in [0.4, 0.5) is 5.82 Å². The Morgan fingerprint density at radius 1 is 0.970 bits per heavy atom. The van der Waals surface area contributed by atoms with Crippen LogP contribution in [0.15, 0.2) is 39.6 Å². The second-order valence-electron chi connectivity index (χ2n) is 9.32. The fourth-order valence-electron chi connectivity index (χ4n) is 5.10. The molecule has 174 valence electrons. The lowest BCUT2D eigenvalue weighted by Crippen LogP contribution is -2.46. The van der Waals surface area contributed by atoms with E-state index in [0.717, 1.165) is 116 Å². The minimum absolute atomic E-state index is 0.181. The Morgan fingerprint density at radius 2 is 1.79 bits per heavy atom. The van der Waals surface area contributed by atoms with Crippen LogP contribution in [-0.2, 0) is 26.3 Å². The van der Waals surface area contributed by atoms with Gasteiger partial charge in [-0.1, -0.05) is 15.9 Å².